The Balaban J connectivity index is 1.78. The molecule has 30 heavy (non-hydrogen) atoms. The van der Waals surface area contributed by atoms with Crippen molar-refractivity contribution in [3.05, 3.63) is 34.9 Å². The predicted octanol–water partition coefficient (Wildman–Crippen LogP) is 3.35. The minimum Gasteiger partial charge on any atom is -0.507 e. The van der Waals surface area contributed by atoms with Crippen molar-refractivity contribution in [2.45, 2.75) is 50.9 Å². The van der Waals surface area contributed by atoms with Crippen molar-refractivity contribution in [2.75, 3.05) is 24.5 Å². The molecule has 0 spiro atoms. The van der Waals surface area contributed by atoms with E-state index in [1.54, 1.807) is 13.0 Å². The van der Waals surface area contributed by atoms with Gasteiger partial charge in [0.1, 0.15) is 5.75 Å². The van der Waals surface area contributed by atoms with Crippen molar-refractivity contribution in [2.24, 2.45) is 0 Å². The number of nitrogens with zero attached hydrogens (tertiary/aromatic N) is 3. The van der Waals surface area contributed by atoms with Crippen LogP contribution < -0.4 is 10.2 Å². The number of fused-ring (bicyclic) bond motifs is 1. The van der Waals surface area contributed by atoms with E-state index < -0.39 is 23.1 Å². The first-order valence-corrected chi connectivity index (χ1v) is 10.1. The van der Waals surface area contributed by atoms with Crippen molar-refractivity contribution >= 4 is 5.82 Å². The van der Waals surface area contributed by atoms with Crippen LogP contribution in [0, 0.1) is 6.92 Å². The summed E-state index contributed by atoms with van der Waals surface area (Å²) in [4.78, 5) is 2.15. The van der Waals surface area contributed by atoms with E-state index >= 15 is 0 Å². The molecule has 2 atom stereocenters. The average Bonchev–Trinajstić information content (AvgIpc) is 2.68. The van der Waals surface area contributed by atoms with Crippen LogP contribution in [-0.2, 0) is 11.8 Å². The number of aliphatic hydroxyl groups is 1. The monoisotopic (exact) mass is 422 g/mol. The number of hydrogen-bond donors (Lipinski definition) is 3. The zero-order valence-electron chi connectivity index (χ0n) is 16.9. The molecule has 3 N–H and O–H groups in total. The number of nitrogens with one attached hydrogen (secondary N) is 1. The number of aryl methyl sites for hydroxylation is 1. The Kier molecular flexibility index (Phi) is 5.14. The van der Waals surface area contributed by atoms with Gasteiger partial charge in [-0.05, 0) is 63.4 Å². The second-order valence-corrected chi connectivity index (χ2v) is 8.37. The zero-order valence-corrected chi connectivity index (χ0v) is 16.9. The lowest BCUT2D eigenvalue weighted by Crippen LogP contribution is -2.51. The Morgan fingerprint density at radius 3 is 2.63 bits per heavy atom. The van der Waals surface area contributed by atoms with E-state index in [1.165, 1.54) is 6.92 Å². The molecule has 1 fully saturated rings. The quantitative estimate of drug-likeness (QED) is 0.689. The molecule has 0 saturated carbocycles. The van der Waals surface area contributed by atoms with Gasteiger partial charge in [0, 0.05) is 30.3 Å². The number of hydrogen-bond acceptors (Lipinski definition) is 6. The molecule has 4 rings (SSSR count). The van der Waals surface area contributed by atoms with Crippen LogP contribution in [0.5, 0.6) is 5.75 Å². The Hall–Kier alpha value is -2.39. The van der Waals surface area contributed by atoms with E-state index in [9.17, 15) is 23.4 Å². The number of aromatic nitrogens is 2. The Morgan fingerprint density at radius 1 is 1.23 bits per heavy atom. The molecule has 2 aliphatic heterocycles. The minimum atomic E-state index is -4.56. The number of phenols is 1. The summed E-state index contributed by atoms with van der Waals surface area (Å²) in [6.45, 7) is 5.64. The number of alkyl halides is 3. The van der Waals surface area contributed by atoms with Gasteiger partial charge in [-0.25, -0.2) is 0 Å². The standard InChI is InChI=1S/C21H25F3N4O2/c1-12-8-13(21(22,23)24)9-17(29)18(12)16-10-15-19(27-26-16)28(7-5-20(15,2)30)14-4-3-6-25-11-14/h8-10,14,25,29-30H,3-7,11H2,1-2H3/t14-,20?/m1/s1. The zero-order chi connectivity index (χ0) is 21.7. The molecule has 6 nitrogen and oxygen atoms in total. The van der Waals surface area contributed by atoms with Gasteiger partial charge in [0.2, 0.25) is 0 Å². The van der Waals surface area contributed by atoms with Gasteiger partial charge >= 0.3 is 6.18 Å². The van der Waals surface area contributed by atoms with Crippen LogP contribution in [0.1, 0.15) is 42.9 Å². The van der Waals surface area contributed by atoms with Gasteiger partial charge in [-0.15, -0.1) is 10.2 Å². The first-order chi connectivity index (χ1) is 14.1. The van der Waals surface area contributed by atoms with Crippen molar-refractivity contribution in [3.8, 4) is 17.0 Å². The van der Waals surface area contributed by atoms with Crippen LogP contribution in [0.15, 0.2) is 18.2 Å². The molecule has 1 unspecified atom stereocenters. The maximum atomic E-state index is 13.0. The Bertz CT molecular complexity index is 933. The van der Waals surface area contributed by atoms with Gasteiger partial charge in [0.05, 0.1) is 16.9 Å². The van der Waals surface area contributed by atoms with E-state index in [2.05, 4.69) is 20.4 Å². The third kappa shape index (κ3) is 3.72. The largest absolute Gasteiger partial charge is 0.507 e. The third-order valence-electron chi connectivity index (χ3n) is 6.08. The van der Waals surface area contributed by atoms with Crippen LogP contribution in [0.2, 0.25) is 0 Å². The van der Waals surface area contributed by atoms with E-state index in [0.29, 0.717) is 30.4 Å². The molecule has 9 heteroatoms. The molecule has 2 aliphatic rings. The van der Waals surface area contributed by atoms with Gasteiger partial charge in [-0.2, -0.15) is 13.2 Å². The number of benzene rings is 1. The first-order valence-electron chi connectivity index (χ1n) is 10.1. The lowest BCUT2D eigenvalue weighted by Gasteiger charge is -2.43. The topological polar surface area (TPSA) is 81.5 Å². The van der Waals surface area contributed by atoms with E-state index in [1.807, 2.05) is 0 Å². The third-order valence-corrected chi connectivity index (χ3v) is 6.08. The van der Waals surface area contributed by atoms with Crippen molar-refractivity contribution in [1.82, 2.24) is 15.5 Å². The highest BCUT2D eigenvalue weighted by Crippen LogP contribution is 2.42. The second kappa shape index (κ2) is 7.39. The molecule has 0 aliphatic carbocycles. The summed E-state index contributed by atoms with van der Waals surface area (Å²) in [6.07, 6.45) is -1.99. The van der Waals surface area contributed by atoms with E-state index in [4.69, 9.17) is 0 Å². The lowest BCUT2D eigenvalue weighted by molar-refractivity contribution is -0.137. The molecule has 2 aromatic rings. The van der Waals surface area contributed by atoms with Gasteiger partial charge in [0.15, 0.2) is 5.82 Å². The van der Waals surface area contributed by atoms with Crippen molar-refractivity contribution < 1.29 is 23.4 Å². The van der Waals surface area contributed by atoms with Crippen LogP contribution in [-0.4, -0.2) is 46.1 Å². The average molecular weight is 422 g/mol. The molecule has 0 amide bonds. The second-order valence-electron chi connectivity index (χ2n) is 8.37. The molecule has 162 valence electrons. The number of anilines is 1. The number of piperidine rings is 1. The maximum absolute atomic E-state index is 13.0. The SMILES string of the molecule is Cc1cc(C(F)(F)F)cc(O)c1-c1cc2c(nn1)N([C@@H]1CCCNC1)CCC2(C)O. The fraction of sp³-hybridized carbons (Fsp3) is 0.524. The summed E-state index contributed by atoms with van der Waals surface area (Å²) in [5.41, 5.74) is -0.834. The number of rotatable bonds is 2. The summed E-state index contributed by atoms with van der Waals surface area (Å²) in [7, 11) is 0. The van der Waals surface area contributed by atoms with Crippen LogP contribution >= 0.6 is 0 Å². The summed E-state index contributed by atoms with van der Waals surface area (Å²) in [5.74, 6) is 0.0770. The van der Waals surface area contributed by atoms with E-state index in [-0.39, 0.29) is 22.9 Å². The Labute approximate surface area is 172 Å². The molecule has 1 aromatic heterocycles. The Morgan fingerprint density at radius 2 is 2.00 bits per heavy atom. The number of phenolic OH excluding ortho intramolecular Hbond substituents is 1. The van der Waals surface area contributed by atoms with E-state index in [0.717, 1.165) is 32.0 Å². The molecule has 0 bridgehead atoms. The van der Waals surface area contributed by atoms with Gasteiger partial charge in [-0.3, -0.25) is 0 Å². The van der Waals surface area contributed by atoms with Gasteiger partial charge in [0.25, 0.3) is 0 Å². The summed E-state index contributed by atoms with van der Waals surface area (Å²) >= 11 is 0. The number of aromatic hydroxyl groups is 1. The van der Waals surface area contributed by atoms with Crippen LogP contribution in [0.4, 0.5) is 19.0 Å². The molecule has 1 saturated heterocycles. The summed E-state index contributed by atoms with van der Waals surface area (Å²) in [5, 5.41) is 33.3. The predicted molar refractivity (Wildman–Crippen MR) is 106 cm³/mol. The fourth-order valence-electron chi connectivity index (χ4n) is 4.42. The summed E-state index contributed by atoms with van der Waals surface area (Å²) in [6, 6.07) is 3.56. The highest BCUT2D eigenvalue weighted by Gasteiger charge is 2.38. The normalized spacial score (nSPS) is 24.6. The highest BCUT2D eigenvalue weighted by molar-refractivity contribution is 5.73. The van der Waals surface area contributed by atoms with Gasteiger partial charge in [-0.1, -0.05) is 0 Å². The molecule has 3 heterocycles. The first kappa shape index (κ1) is 20.9. The molecule has 1 aromatic carbocycles. The van der Waals surface area contributed by atoms with Crippen LogP contribution in [0.25, 0.3) is 11.3 Å². The highest BCUT2D eigenvalue weighted by atomic mass is 19.4. The molecular formula is C21H25F3N4O2. The van der Waals surface area contributed by atoms with Crippen molar-refractivity contribution in [3.63, 3.8) is 0 Å². The molecular weight excluding hydrogens is 397 g/mol. The molecule has 0 radical (unpaired) electrons. The fourth-order valence-corrected chi connectivity index (χ4v) is 4.42. The maximum Gasteiger partial charge on any atom is 0.416 e. The smallest absolute Gasteiger partial charge is 0.416 e. The minimum absolute atomic E-state index is 0.186. The van der Waals surface area contributed by atoms with Crippen molar-refractivity contribution in [1.29, 1.82) is 0 Å². The lowest BCUT2D eigenvalue weighted by atomic mass is 9.87. The summed E-state index contributed by atoms with van der Waals surface area (Å²) < 4.78 is 39.1. The van der Waals surface area contributed by atoms with Gasteiger partial charge < -0.3 is 20.4 Å². The van der Waals surface area contributed by atoms with Crippen LogP contribution in [0.3, 0.4) is 0 Å². The number of halogens is 3.